The van der Waals surface area contributed by atoms with E-state index in [1.807, 2.05) is 6.07 Å². The minimum Gasteiger partial charge on any atom is -0.324 e. The summed E-state index contributed by atoms with van der Waals surface area (Å²) in [5.74, 6) is -0.660. The van der Waals surface area contributed by atoms with E-state index in [1.54, 1.807) is 26.0 Å². The number of nitrogens with one attached hydrogen (secondary N) is 2. The summed E-state index contributed by atoms with van der Waals surface area (Å²) in [6.07, 6.45) is -3.64. The first-order chi connectivity index (χ1) is 17.5. The molecule has 0 aliphatic carbocycles. The fraction of sp³-hybridized carbons (Fsp3) is 0.240. The topological polar surface area (TPSA) is 113 Å². The fourth-order valence-electron chi connectivity index (χ4n) is 3.82. The Morgan fingerprint density at radius 3 is 1.97 bits per heavy atom. The van der Waals surface area contributed by atoms with Gasteiger partial charge in [0.05, 0.1) is 22.4 Å². The zero-order valence-corrected chi connectivity index (χ0v) is 22.5. The van der Waals surface area contributed by atoms with Crippen LogP contribution in [-0.4, -0.2) is 35.0 Å². The molecule has 0 unspecified atom stereocenters. The number of nitrogens with zero attached hydrogens (tertiary/aromatic N) is 1. The average Bonchev–Trinajstić information content (AvgIpc) is 2.77. The highest BCUT2D eigenvalue weighted by Gasteiger charge is 2.31. The lowest BCUT2D eigenvalue weighted by Gasteiger charge is -2.28. The summed E-state index contributed by atoms with van der Waals surface area (Å²) in [7, 11) is -8.07. The number of rotatable bonds is 8. The highest BCUT2D eigenvalue weighted by molar-refractivity contribution is 7.92. The van der Waals surface area contributed by atoms with E-state index in [0.717, 1.165) is 46.0 Å². The Morgan fingerprint density at radius 2 is 1.45 bits per heavy atom. The third-order valence-electron chi connectivity index (χ3n) is 5.42. The molecule has 0 saturated carbocycles. The van der Waals surface area contributed by atoms with Crippen LogP contribution in [0.15, 0.2) is 71.6 Å². The molecule has 0 spiro atoms. The highest BCUT2D eigenvalue weighted by atomic mass is 32.2. The molecule has 3 aromatic rings. The minimum absolute atomic E-state index is 0.189. The van der Waals surface area contributed by atoms with E-state index in [-0.39, 0.29) is 16.3 Å². The van der Waals surface area contributed by atoms with Crippen LogP contribution < -0.4 is 14.3 Å². The molecule has 38 heavy (non-hydrogen) atoms. The van der Waals surface area contributed by atoms with Crippen LogP contribution in [0.25, 0.3) is 0 Å². The summed E-state index contributed by atoms with van der Waals surface area (Å²) in [5.41, 5.74) is 0.879. The van der Waals surface area contributed by atoms with Crippen molar-refractivity contribution in [2.75, 3.05) is 20.6 Å². The molecule has 0 heterocycles. The molecule has 3 rings (SSSR count). The largest absolute Gasteiger partial charge is 0.416 e. The number of carbonyl (C=O) groups excluding carboxylic acids is 1. The molecule has 0 aliphatic heterocycles. The summed E-state index contributed by atoms with van der Waals surface area (Å²) in [5, 5.41) is 2.56. The van der Waals surface area contributed by atoms with Crippen molar-refractivity contribution in [2.24, 2.45) is 0 Å². The van der Waals surface area contributed by atoms with Crippen molar-refractivity contribution in [1.82, 2.24) is 0 Å². The Labute approximate surface area is 219 Å². The second kappa shape index (κ2) is 10.7. The maximum atomic E-state index is 12.9. The molecule has 2 N–H and O–H groups in total. The number of benzene rings is 3. The fourth-order valence-corrected chi connectivity index (χ4v) is 6.03. The molecule has 0 bridgehead atoms. The normalized spacial score (nSPS) is 13.0. The molecule has 3 aromatic carbocycles. The van der Waals surface area contributed by atoms with Crippen molar-refractivity contribution in [3.8, 4) is 0 Å². The monoisotopic (exact) mass is 569 g/mol. The van der Waals surface area contributed by atoms with Crippen molar-refractivity contribution in [2.45, 2.75) is 37.9 Å². The molecule has 13 heteroatoms. The van der Waals surface area contributed by atoms with Gasteiger partial charge in [0.15, 0.2) is 0 Å². The maximum absolute atomic E-state index is 12.9. The van der Waals surface area contributed by atoms with Crippen LogP contribution in [0, 0.1) is 13.8 Å². The van der Waals surface area contributed by atoms with Crippen LogP contribution >= 0.6 is 0 Å². The van der Waals surface area contributed by atoms with Crippen molar-refractivity contribution < 1.29 is 34.8 Å². The van der Waals surface area contributed by atoms with E-state index >= 15 is 0 Å². The van der Waals surface area contributed by atoms with E-state index in [0.29, 0.717) is 11.8 Å². The number of alkyl halides is 3. The number of amides is 1. The zero-order chi connectivity index (χ0) is 28.5. The Morgan fingerprint density at radius 1 is 0.868 bits per heavy atom. The standard InChI is InChI=1S/C25H26F3N3O5S2/c1-16-12-17(2)14-22(13-16)31(37(4,33)34)18(3)24(32)29-20-8-10-23(11-9-20)38(35,36)30-21-7-5-6-19(15-21)25(26,27)28/h5-15,18,30H,1-4H3,(H,29,32)/t18-/m1/s1. The minimum atomic E-state index is -4.64. The average molecular weight is 570 g/mol. The highest BCUT2D eigenvalue weighted by Crippen LogP contribution is 2.31. The number of anilines is 3. The van der Waals surface area contributed by atoms with Crippen molar-refractivity contribution in [3.63, 3.8) is 0 Å². The van der Waals surface area contributed by atoms with Crippen LogP contribution in [0.5, 0.6) is 0 Å². The third-order valence-corrected chi connectivity index (χ3v) is 8.06. The second-order valence-corrected chi connectivity index (χ2v) is 12.3. The van der Waals surface area contributed by atoms with Crippen LogP contribution in [0.1, 0.15) is 23.6 Å². The Kier molecular flexibility index (Phi) is 8.13. The van der Waals surface area contributed by atoms with Crippen LogP contribution in [0.4, 0.5) is 30.2 Å². The lowest BCUT2D eigenvalue weighted by Crippen LogP contribution is -2.45. The van der Waals surface area contributed by atoms with Gasteiger partial charge in [-0.25, -0.2) is 16.8 Å². The lowest BCUT2D eigenvalue weighted by molar-refractivity contribution is -0.137. The first-order valence-corrected chi connectivity index (χ1v) is 14.5. The summed E-state index contributed by atoms with van der Waals surface area (Å²) in [6, 6.07) is 12.7. The van der Waals surface area contributed by atoms with Gasteiger partial charge in [0, 0.05) is 11.4 Å². The molecule has 0 fully saturated rings. The summed E-state index contributed by atoms with van der Waals surface area (Å²) in [4.78, 5) is 12.7. The number of aryl methyl sites for hydroxylation is 2. The second-order valence-electron chi connectivity index (χ2n) is 8.78. The van der Waals surface area contributed by atoms with Crippen molar-refractivity contribution >= 4 is 43.0 Å². The smallest absolute Gasteiger partial charge is 0.324 e. The molecule has 0 aliphatic rings. The van der Waals surface area contributed by atoms with Gasteiger partial charge in [-0.1, -0.05) is 12.1 Å². The first-order valence-electron chi connectivity index (χ1n) is 11.2. The lowest BCUT2D eigenvalue weighted by atomic mass is 10.1. The van der Waals surface area contributed by atoms with Gasteiger partial charge >= 0.3 is 6.18 Å². The Hall–Kier alpha value is -3.58. The SMILES string of the molecule is Cc1cc(C)cc(N([C@H](C)C(=O)Nc2ccc(S(=O)(=O)Nc3cccc(C(F)(F)F)c3)cc2)S(C)(=O)=O)c1. The van der Waals surface area contributed by atoms with Gasteiger partial charge < -0.3 is 5.32 Å². The molecule has 0 saturated heterocycles. The molecular weight excluding hydrogens is 543 g/mol. The molecule has 204 valence electrons. The molecule has 8 nitrogen and oxygen atoms in total. The van der Waals surface area contributed by atoms with Gasteiger partial charge in [0.1, 0.15) is 6.04 Å². The predicted octanol–water partition coefficient (Wildman–Crippen LogP) is 4.92. The van der Waals surface area contributed by atoms with E-state index in [1.165, 1.54) is 25.1 Å². The Balaban J connectivity index is 1.78. The number of carbonyl (C=O) groups is 1. The van der Waals surface area contributed by atoms with Gasteiger partial charge in [0.2, 0.25) is 15.9 Å². The van der Waals surface area contributed by atoms with Gasteiger partial charge in [0.25, 0.3) is 10.0 Å². The molecular formula is C25H26F3N3O5S2. The van der Waals surface area contributed by atoms with Crippen molar-refractivity contribution in [3.05, 3.63) is 83.4 Å². The molecule has 0 aromatic heterocycles. The van der Waals surface area contributed by atoms with E-state index in [9.17, 15) is 34.8 Å². The van der Waals surface area contributed by atoms with E-state index in [4.69, 9.17) is 0 Å². The van der Waals surface area contributed by atoms with Gasteiger partial charge in [-0.2, -0.15) is 13.2 Å². The summed E-state index contributed by atoms with van der Waals surface area (Å²) >= 11 is 0. The number of hydrogen-bond donors (Lipinski definition) is 2. The predicted molar refractivity (Wildman–Crippen MR) is 140 cm³/mol. The molecule has 0 radical (unpaired) electrons. The van der Waals surface area contributed by atoms with Crippen LogP contribution in [-0.2, 0) is 31.0 Å². The van der Waals surface area contributed by atoms with Gasteiger partial charge in [-0.05, 0) is 86.5 Å². The quantitative estimate of drug-likeness (QED) is 0.400. The summed E-state index contributed by atoms with van der Waals surface area (Å²) < 4.78 is 92.3. The van der Waals surface area contributed by atoms with E-state index in [2.05, 4.69) is 10.0 Å². The number of halogens is 3. The van der Waals surface area contributed by atoms with E-state index < -0.39 is 43.7 Å². The first kappa shape index (κ1) is 29.0. The zero-order valence-electron chi connectivity index (χ0n) is 20.9. The van der Waals surface area contributed by atoms with Crippen LogP contribution in [0.3, 0.4) is 0 Å². The summed E-state index contributed by atoms with van der Waals surface area (Å²) in [6.45, 7) is 5.03. The van der Waals surface area contributed by atoms with Gasteiger partial charge in [-0.15, -0.1) is 0 Å². The number of sulfonamides is 2. The van der Waals surface area contributed by atoms with Gasteiger partial charge in [-0.3, -0.25) is 13.8 Å². The van der Waals surface area contributed by atoms with Crippen molar-refractivity contribution in [1.29, 1.82) is 0 Å². The maximum Gasteiger partial charge on any atom is 0.416 e. The number of hydrogen-bond acceptors (Lipinski definition) is 5. The van der Waals surface area contributed by atoms with Crippen LogP contribution in [0.2, 0.25) is 0 Å². The molecule has 1 amide bonds. The Bertz CT molecular complexity index is 1540. The molecule has 1 atom stereocenters. The third kappa shape index (κ3) is 7.04.